The molecule has 2 aromatic rings. The van der Waals surface area contributed by atoms with Gasteiger partial charge in [0.1, 0.15) is 5.60 Å². The third-order valence-corrected chi connectivity index (χ3v) is 4.57. The van der Waals surface area contributed by atoms with Crippen molar-refractivity contribution in [3.05, 3.63) is 41.4 Å². The Labute approximate surface area is 174 Å². The Hall–Kier alpha value is -2.81. The van der Waals surface area contributed by atoms with E-state index in [9.17, 15) is 9.59 Å². The first-order chi connectivity index (χ1) is 13.7. The Morgan fingerprint density at radius 2 is 1.93 bits per heavy atom. The lowest BCUT2D eigenvalue weighted by Crippen LogP contribution is -2.33. The van der Waals surface area contributed by atoms with E-state index in [1.165, 1.54) is 11.3 Å². The van der Waals surface area contributed by atoms with Crippen molar-refractivity contribution in [1.29, 1.82) is 0 Å². The minimum atomic E-state index is -1.09. The van der Waals surface area contributed by atoms with Crippen LogP contribution in [-0.2, 0) is 4.74 Å². The molecule has 0 aliphatic rings. The highest BCUT2D eigenvalue weighted by molar-refractivity contribution is 7.13. The second-order valence-corrected chi connectivity index (χ2v) is 8.35. The minimum Gasteiger partial charge on any atom is -0.465 e. The van der Waals surface area contributed by atoms with Gasteiger partial charge in [0.15, 0.2) is 5.13 Å². The van der Waals surface area contributed by atoms with Gasteiger partial charge in [0.2, 0.25) is 0 Å². The van der Waals surface area contributed by atoms with Crippen LogP contribution in [0.3, 0.4) is 0 Å². The molecule has 1 aromatic heterocycles. The number of amides is 2. The number of benzene rings is 1. The van der Waals surface area contributed by atoms with Crippen molar-refractivity contribution in [3.8, 4) is 0 Å². The molecule has 1 heterocycles. The van der Waals surface area contributed by atoms with Gasteiger partial charge in [-0.2, -0.15) is 0 Å². The topological polar surface area (TPSA) is 113 Å². The predicted molar refractivity (Wildman–Crippen MR) is 114 cm³/mol. The van der Waals surface area contributed by atoms with Crippen LogP contribution < -0.4 is 16.0 Å². The van der Waals surface area contributed by atoms with Crippen LogP contribution in [0.4, 0.5) is 20.4 Å². The van der Waals surface area contributed by atoms with Crippen LogP contribution in [0, 0.1) is 0 Å². The molecule has 1 aromatic carbocycles. The smallest absolute Gasteiger partial charge is 0.407 e. The zero-order valence-corrected chi connectivity index (χ0v) is 17.7. The number of carbonyl (C=O) groups excluding carboxylic acids is 1. The Bertz CT molecular complexity index is 789. The van der Waals surface area contributed by atoms with E-state index in [-0.39, 0.29) is 0 Å². The standard InChI is InChI=1S/C20H28N4O4S/c1-20(2,3)28-19(27)21-12-8-7-11-15(24-18(25)26)16-13-29-17(23-16)22-14-9-5-4-6-10-14/h4-6,9-10,13,15,24H,7-8,11-12H2,1-3H3,(H,21,27)(H,22,23)(H,25,26). The number of nitrogens with zero attached hydrogens (tertiary/aromatic N) is 1. The first kappa shape index (κ1) is 22.5. The second-order valence-electron chi connectivity index (χ2n) is 7.50. The van der Waals surface area contributed by atoms with E-state index in [0.717, 1.165) is 12.1 Å². The SMILES string of the molecule is CC(C)(C)OC(=O)NCCCCC(NC(=O)O)c1csc(Nc2ccccc2)n1. The first-order valence-electron chi connectivity index (χ1n) is 9.47. The van der Waals surface area contributed by atoms with Gasteiger partial charge in [0.05, 0.1) is 11.7 Å². The summed E-state index contributed by atoms with van der Waals surface area (Å²) >= 11 is 1.42. The molecule has 1 atom stereocenters. The van der Waals surface area contributed by atoms with Crippen LogP contribution >= 0.6 is 11.3 Å². The maximum absolute atomic E-state index is 11.6. The van der Waals surface area contributed by atoms with Crippen molar-refractivity contribution in [2.75, 3.05) is 11.9 Å². The molecule has 1 unspecified atom stereocenters. The Morgan fingerprint density at radius 3 is 2.59 bits per heavy atom. The lowest BCUT2D eigenvalue weighted by Gasteiger charge is -2.19. The van der Waals surface area contributed by atoms with Crippen molar-refractivity contribution in [3.63, 3.8) is 0 Å². The maximum Gasteiger partial charge on any atom is 0.407 e. The summed E-state index contributed by atoms with van der Waals surface area (Å²) in [5.74, 6) is 0. The lowest BCUT2D eigenvalue weighted by atomic mass is 10.1. The highest BCUT2D eigenvalue weighted by Gasteiger charge is 2.18. The van der Waals surface area contributed by atoms with Gasteiger partial charge < -0.3 is 25.8 Å². The van der Waals surface area contributed by atoms with Gasteiger partial charge in [0.25, 0.3) is 0 Å². The number of hydrogen-bond donors (Lipinski definition) is 4. The third kappa shape index (κ3) is 8.82. The summed E-state index contributed by atoms with van der Waals surface area (Å²) < 4.78 is 5.18. The lowest BCUT2D eigenvalue weighted by molar-refractivity contribution is 0.0527. The predicted octanol–water partition coefficient (Wildman–Crippen LogP) is 4.89. The number of ether oxygens (including phenoxy) is 1. The molecule has 0 saturated heterocycles. The summed E-state index contributed by atoms with van der Waals surface area (Å²) in [6.07, 6.45) is 0.466. The van der Waals surface area contributed by atoms with Gasteiger partial charge >= 0.3 is 12.2 Å². The van der Waals surface area contributed by atoms with Gasteiger partial charge in [-0.05, 0) is 52.2 Å². The van der Waals surface area contributed by atoms with Crippen LogP contribution in [0.5, 0.6) is 0 Å². The monoisotopic (exact) mass is 420 g/mol. The fourth-order valence-electron chi connectivity index (χ4n) is 2.57. The van der Waals surface area contributed by atoms with Crippen LogP contribution in [0.1, 0.15) is 51.8 Å². The van der Waals surface area contributed by atoms with E-state index < -0.39 is 23.8 Å². The first-order valence-corrected chi connectivity index (χ1v) is 10.3. The van der Waals surface area contributed by atoms with Gasteiger partial charge in [-0.1, -0.05) is 18.2 Å². The average molecular weight is 421 g/mol. The maximum atomic E-state index is 11.6. The number of carboxylic acid groups (broad SMARTS) is 1. The number of nitrogens with one attached hydrogen (secondary N) is 3. The highest BCUT2D eigenvalue weighted by Crippen LogP contribution is 2.26. The molecule has 0 fully saturated rings. The number of anilines is 2. The zero-order valence-electron chi connectivity index (χ0n) is 16.9. The summed E-state index contributed by atoms with van der Waals surface area (Å²) in [5.41, 5.74) is 1.07. The number of hydrogen-bond acceptors (Lipinski definition) is 6. The molecule has 0 aliphatic heterocycles. The quantitative estimate of drug-likeness (QED) is 0.430. The molecule has 8 nitrogen and oxygen atoms in total. The number of unbranched alkanes of at least 4 members (excludes halogenated alkanes) is 1. The summed E-state index contributed by atoms with van der Waals surface area (Å²) in [4.78, 5) is 27.3. The molecule has 2 rings (SSSR count). The van der Waals surface area contributed by atoms with Crippen LogP contribution in [-0.4, -0.2) is 34.4 Å². The summed E-state index contributed by atoms with van der Waals surface area (Å²) in [6, 6.07) is 9.26. The molecule has 0 aliphatic carbocycles. The third-order valence-electron chi connectivity index (χ3n) is 3.79. The van der Waals surface area contributed by atoms with Gasteiger partial charge in [0, 0.05) is 17.6 Å². The summed E-state index contributed by atoms with van der Waals surface area (Å²) in [7, 11) is 0. The average Bonchev–Trinajstić information content (AvgIpc) is 3.08. The van der Waals surface area contributed by atoms with Gasteiger partial charge in [-0.3, -0.25) is 0 Å². The fourth-order valence-corrected chi connectivity index (χ4v) is 3.35. The van der Waals surface area contributed by atoms with Crippen molar-refractivity contribution in [2.24, 2.45) is 0 Å². The molecule has 0 spiro atoms. The second kappa shape index (κ2) is 10.7. The molecular formula is C20H28N4O4S. The number of alkyl carbamates (subject to hydrolysis) is 1. The normalized spacial score (nSPS) is 12.1. The molecule has 0 bridgehead atoms. The number of thiazole rings is 1. The molecule has 9 heteroatoms. The van der Waals surface area contributed by atoms with Crippen LogP contribution in [0.15, 0.2) is 35.7 Å². The van der Waals surface area contributed by atoms with Gasteiger partial charge in [-0.15, -0.1) is 11.3 Å². The van der Waals surface area contributed by atoms with E-state index in [2.05, 4.69) is 20.9 Å². The zero-order chi connectivity index (χ0) is 21.3. The number of aromatic nitrogens is 1. The molecule has 29 heavy (non-hydrogen) atoms. The molecule has 0 radical (unpaired) electrons. The van der Waals surface area contributed by atoms with E-state index in [4.69, 9.17) is 9.84 Å². The molecular weight excluding hydrogens is 392 g/mol. The Morgan fingerprint density at radius 1 is 1.21 bits per heavy atom. The Kier molecular flexibility index (Phi) is 8.26. The molecule has 4 N–H and O–H groups in total. The molecule has 2 amide bonds. The number of para-hydroxylation sites is 1. The molecule has 158 valence electrons. The highest BCUT2D eigenvalue weighted by atomic mass is 32.1. The minimum absolute atomic E-state index is 0.406. The van der Waals surface area contributed by atoms with E-state index >= 15 is 0 Å². The fraction of sp³-hybridized carbons (Fsp3) is 0.450. The Balaban J connectivity index is 1.83. The van der Waals surface area contributed by atoms with Crippen molar-refractivity contribution < 1.29 is 19.4 Å². The summed E-state index contributed by atoms with van der Waals surface area (Å²) in [6.45, 7) is 5.89. The van der Waals surface area contributed by atoms with Crippen LogP contribution in [0.25, 0.3) is 0 Å². The van der Waals surface area contributed by atoms with E-state index in [0.29, 0.717) is 30.2 Å². The van der Waals surface area contributed by atoms with Crippen molar-refractivity contribution in [2.45, 2.75) is 51.7 Å². The van der Waals surface area contributed by atoms with Crippen molar-refractivity contribution in [1.82, 2.24) is 15.6 Å². The van der Waals surface area contributed by atoms with E-state index in [1.54, 1.807) is 0 Å². The largest absolute Gasteiger partial charge is 0.465 e. The van der Waals surface area contributed by atoms with Gasteiger partial charge in [-0.25, -0.2) is 14.6 Å². The number of carbonyl (C=O) groups is 2. The number of rotatable bonds is 9. The van der Waals surface area contributed by atoms with Crippen LogP contribution in [0.2, 0.25) is 0 Å². The summed E-state index contributed by atoms with van der Waals surface area (Å²) in [5, 5.41) is 20.1. The van der Waals surface area contributed by atoms with Crippen molar-refractivity contribution >= 4 is 34.3 Å². The van der Waals surface area contributed by atoms with E-state index in [1.807, 2.05) is 56.5 Å². The molecule has 0 saturated carbocycles.